The largest absolute Gasteiger partial charge is 0.328 e. The van der Waals surface area contributed by atoms with Gasteiger partial charge in [0.15, 0.2) is 0 Å². The van der Waals surface area contributed by atoms with Gasteiger partial charge in [-0.3, -0.25) is 4.68 Å². The molecule has 1 aliphatic carbocycles. The molecule has 0 radical (unpaired) electrons. The van der Waals surface area contributed by atoms with E-state index in [1.54, 1.807) is 0 Å². The zero-order valence-corrected chi connectivity index (χ0v) is 10.9. The Morgan fingerprint density at radius 2 is 2.12 bits per heavy atom. The number of aromatic nitrogens is 2. The van der Waals surface area contributed by atoms with Crippen molar-refractivity contribution in [2.24, 2.45) is 5.73 Å². The molecule has 96 valence electrons. The molecule has 4 nitrogen and oxygen atoms in total. The Balaban J connectivity index is 1.77. The van der Waals surface area contributed by atoms with Gasteiger partial charge in [-0.1, -0.05) is 0 Å². The van der Waals surface area contributed by atoms with Crippen LogP contribution < -0.4 is 11.1 Å². The minimum absolute atomic E-state index is 0.428. The van der Waals surface area contributed by atoms with Crippen molar-refractivity contribution in [1.82, 2.24) is 15.1 Å². The molecule has 0 saturated heterocycles. The third-order valence-electron chi connectivity index (χ3n) is 3.55. The van der Waals surface area contributed by atoms with Crippen LogP contribution in [0.5, 0.6) is 0 Å². The molecule has 0 atom stereocenters. The molecule has 0 spiro atoms. The zero-order chi connectivity index (χ0) is 12.3. The molecular formula is C13H24N4. The van der Waals surface area contributed by atoms with E-state index in [1.807, 2.05) is 10.9 Å². The van der Waals surface area contributed by atoms with Gasteiger partial charge < -0.3 is 11.1 Å². The Morgan fingerprint density at radius 1 is 1.41 bits per heavy atom. The van der Waals surface area contributed by atoms with Crippen LogP contribution in [-0.4, -0.2) is 21.9 Å². The van der Waals surface area contributed by atoms with Gasteiger partial charge >= 0.3 is 0 Å². The number of nitrogens with two attached hydrogens (primary N) is 1. The van der Waals surface area contributed by atoms with Crippen molar-refractivity contribution >= 4 is 0 Å². The second-order valence-corrected chi connectivity index (χ2v) is 5.41. The second kappa shape index (κ2) is 5.65. The molecule has 0 amide bonds. The van der Waals surface area contributed by atoms with Crippen LogP contribution in [0.25, 0.3) is 0 Å². The van der Waals surface area contributed by atoms with Gasteiger partial charge in [0.25, 0.3) is 0 Å². The Kier molecular flexibility index (Phi) is 4.18. The van der Waals surface area contributed by atoms with Gasteiger partial charge in [-0.2, -0.15) is 5.10 Å². The molecule has 1 aromatic rings. The molecule has 0 aliphatic heterocycles. The van der Waals surface area contributed by atoms with E-state index in [4.69, 9.17) is 5.73 Å². The second-order valence-electron chi connectivity index (χ2n) is 5.41. The minimum Gasteiger partial charge on any atom is -0.328 e. The predicted octanol–water partition coefficient (Wildman–Crippen LogP) is 1.82. The minimum atomic E-state index is 0.428. The number of hydrogen-bond acceptors (Lipinski definition) is 3. The monoisotopic (exact) mass is 236 g/mol. The molecule has 1 aromatic heterocycles. The van der Waals surface area contributed by atoms with E-state index in [0.717, 1.165) is 19.4 Å². The first-order valence-electron chi connectivity index (χ1n) is 6.67. The van der Waals surface area contributed by atoms with Crippen molar-refractivity contribution in [1.29, 1.82) is 0 Å². The Bertz CT molecular complexity index is 337. The Labute approximate surface area is 104 Å². The first-order valence-corrected chi connectivity index (χ1v) is 6.67. The van der Waals surface area contributed by atoms with Gasteiger partial charge in [-0.05, 0) is 39.5 Å². The van der Waals surface area contributed by atoms with Crippen molar-refractivity contribution in [3.05, 3.63) is 18.0 Å². The van der Waals surface area contributed by atoms with Crippen LogP contribution in [0.3, 0.4) is 0 Å². The lowest BCUT2D eigenvalue weighted by Crippen LogP contribution is -2.36. The van der Waals surface area contributed by atoms with Gasteiger partial charge in [0.1, 0.15) is 0 Å². The summed E-state index contributed by atoms with van der Waals surface area (Å²) in [5.41, 5.74) is 7.17. The van der Waals surface area contributed by atoms with Crippen molar-refractivity contribution < 1.29 is 0 Å². The smallest absolute Gasteiger partial charge is 0.0534 e. The summed E-state index contributed by atoms with van der Waals surface area (Å²) < 4.78 is 2.01. The summed E-state index contributed by atoms with van der Waals surface area (Å²) in [5, 5.41) is 7.95. The SMILES string of the molecule is CC(C)n1cc(CNC2CCC(N)CC2)cn1. The van der Waals surface area contributed by atoms with Crippen molar-refractivity contribution in [2.75, 3.05) is 0 Å². The molecule has 1 saturated carbocycles. The van der Waals surface area contributed by atoms with Crippen LogP contribution in [0.15, 0.2) is 12.4 Å². The van der Waals surface area contributed by atoms with Gasteiger partial charge in [0.2, 0.25) is 0 Å². The molecule has 1 aliphatic rings. The lowest BCUT2D eigenvalue weighted by atomic mass is 9.92. The quantitative estimate of drug-likeness (QED) is 0.838. The van der Waals surface area contributed by atoms with Crippen LogP contribution in [0, 0.1) is 0 Å². The topological polar surface area (TPSA) is 55.9 Å². The van der Waals surface area contributed by atoms with E-state index in [2.05, 4.69) is 30.5 Å². The molecule has 0 unspecified atom stereocenters. The normalized spacial score (nSPS) is 25.4. The van der Waals surface area contributed by atoms with E-state index >= 15 is 0 Å². The standard InChI is InChI=1S/C13H24N4/c1-10(2)17-9-11(8-16-17)7-15-13-5-3-12(14)4-6-13/h8-10,12-13,15H,3-7,14H2,1-2H3. The molecule has 0 aromatic carbocycles. The van der Waals surface area contributed by atoms with Crippen LogP contribution >= 0.6 is 0 Å². The maximum Gasteiger partial charge on any atom is 0.0534 e. The summed E-state index contributed by atoms with van der Waals surface area (Å²) in [6, 6.07) is 1.50. The lowest BCUT2D eigenvalue weighted by molar-refractivity contribution is 0.342. The lowest BCUT2D eigenvalue weighted by Gasteiger charge is -2.26. The summed E-state index contributed by atoms with van der Waals surface area (Å²) in [4.78, 5) is 0. The molecule has 3 N–H and O–H groups in total. The van der Waals surface area contributed by atoms with Gasteiger partial charge in [-0.15, -0.1) is 0 Å². The number of nitrogens with zero attached hydrogens (tertiary/aromatic N) is 2. The highest BCUT2D eigenvalue weighted by Crippen LogP contribution is 2.17. The van der Waals surface area contributed by atoms with Gasteiger partial charge in [-0.25, -0.2) is 0 Å². The van der Waals surface area contributed by atoms with Gasteiger partial charge in [0.05, 0.1) is 6.20 Å². The predicted molar refractivity (Wildman–Crippen MR) is 69.7 cm³/mol. The van der Waals surface area contributed by atoms with Crippen molar-refractivity contribution in [3.63, 3.8) is 0 Å². The molecule has 4 heteroatoms. The Hall–Kier alpha value is -0.870. The van der Waals surface area contributed by atoms with Crippen LogP contribution in [-0.2, 0) is 6.54 Å². The summed E-state index contributed by atoms with van der Waals surface area (Å²) in [7, 11) is 0. The average molecular weight is 236 g/mol. The third-order valence-corrected chi connectivity index (χ3v) is 3.55. The zero-order valence-electron chi connectivity index (χ0n) is 10.9. The summed E-state index contributed by atoms with van der Waals surface area (Å²) in [6.45, 7) is 5.21. The molecule has 1 heterocycles. The molecule has 1 fully saturated rings. The highest BCUT2D eigenvalue weighted by molar-refractivity contribution is 5.04. The van der Waals surface area contributed by atoms with E-state index in [0.29, 0.717) is 18.1 Å². The molecular weight excluding hydrogens is 212 g/mol. The summed E-state index contributed by atoms with van der Waals surface area (Å²) in [5.74, 6) is 0. The first kappa shape index (κ1) is 12.6. The fraction of sp³-hybridized carbons (Fsp3) is 0.769. The van der Waals surface area contributed by atoms with Crippen LogP contribution in [0.4, 0.5) is 0 Å². The number of hydrogen-bond donors (Lipinski definition) is 2. The fourth-order valence-corrected chi connectivity index (χ4v) is 2.34. The third kappa shape index (κ3) is 3.54. The number of rotatable bonds is 4. The summed E-state index contributed by atoms with van der Waals surface area (Å²) in [6.07, 6.45) is 8.82. The highest BCUT2D eigenvalue weighted by Gasteiger charge is 2.17. The first-order chi connectivity index (χ1) is 8.15. The highest BCUT2D eigenvalue weighted by atomic mass is 15.3. The van der Waals surface area contributed by atoms with Crippen LogP contribution in [0.2, 0.25) is 0 Å². The van der Waals surface area contributed by atoms with E-state index in [-0.39, 0.29) is 0 Å². The maximum atomic E-state index is 5.90. The fourth-order valence-electron chi connectivity index (χ4n) is 2.34. The molecule has 0 bridgehead atoms. The average Bonchev–Trinajstić information content (AvgIpc) is 2.77. The van der Waals surface area contributed by atoms with Crippen molar-refractivity contribution in [2.45, 2.75) is 64.2 Å². The van der Waals surface area contributed by atoms with Crippen LogP contribution in [0.1, 0.15) is 51.1 Å². The molecule has 2 rings (SSSR count). The number of nitrogens with one attached hydrogen (secondary N) is 1. The van der Waals surface area contributed by atoms with Crippen molar-refractivity contribution in [3.8, 4) is 0 Å². The maximum absolute atomic E-state index is 5.90. The summed E-state index contributed by atoms with van der Waals surface area (Å²) >= 11 is 0. The van der Waals surface area contributed by atoms with E-state index < -0.39 is 0 Å². The van der Waals surface area contributed by atoms with Gasteiger partial charge in [0, 0.05) is 36.4 Å². The van der Waals surface area contributed by atoms with E-state index in [9.17, 15) is 0 Å². The Morgan fingerprint density at radius 3 is 2.71 bits per heavy atom. The molecule has 17 heavy (non-hydrogen) atoms. The van der Waals surface area contributed by atoms with E-state index in [1.165, 1.54) is 18.4 Å².